The second kappa shape index (κ2) is 7.76. The molecule has 1 amide bonds. The van der Waals surface area contributed by atoms with Gasteiger partial charge in [0.15, 0.2) is 0 Å². The van der Waals surface area contributed by atoms with E-state index in [4.69, 9.17) is 29.6 Å². The van der Waals surface area contributed by atoms with Gasteiger partial charge in [0, 0.05) is 5.02 Å². The van der Waals surface area contributed by atoms with E-state index in [1.807, 2.05) is 18.2 Å². The van der Waals surface area contributed by atoms with Gasteiger partial charge in [0.2, 0.25) is 5.91 Å². The predicted molar refractivity (Wildman–Crippen MR) is 90.4 cm³/mol. The molecule has 1 atom stereocenters. The normalized spacial score (nSPS) is 17.2. The smallest absolute Gasteiger partial charge is 0.225 e. The zero-order valence-electron chi connectivity index (χ0n) is 12.0. The van der Waals surface area contributed by atoms with Crippen LogP contribution in [0.5, 0.6) is 0 Å². The molecule has 0 bridgehead atoms. The summed E-state index contributed by atoms with van der Waals surface area (Å²) in [6.45, 7) is 0. The Balaban J connectivity index is 1.98. The van der Waals surface area contributed by atoms with E-state index in [1.54, 1.807) is 6.07 Å². The lowest BCUT2D eigenvalue weighted by molar-refractivity contribution is -0.121. The van der Waals surface area contributed by atoms with Gasteiger partial charge in [-0.2, -0.15) is 0 Å². The maximum absolute atomic E-state index is 12.2. The molecular formula is C16H21ClN2OS. The fourth-order valence-corrected chi connectivity index (χ4v) is 3.38. The van der Waals surface area contributed by atoms with E-state index in [1.165, 1.54) is 19.3 Å². The molecule has 0 spiro atoms. The van der Waals surface area contributed by atoms with Crippen LogP contribution in [0, 0.1) is 5.92 Å². The number of benzene rings is 1. The van der Waals surface area contributed by atoms with E-state index in [-0.39, 0.29) is 18.4 Å². The molecule has 2 rings (SSSR count). The van der Waals surface area contributed by atoms with Crippen molar-refractivity contribution in [2.75, 3.05) is 0 Å². The third kappa shape index (κ3) is 4.68. The summed E-state index contributed by atoms with van der Waals surface area (Å²) in [5, 5.41) is 3.61. The van der Waals surface area contributed by atoms with Gasteiger partial charge in [-0.15, -0.1) is 0 Å². The number of halogens is 1. The topological polar surface area (TPSA) is 55.1 Å². The van der Waals surface area contributed by atoms with Crippen LogP contribution in [0.1, 0.15) is 37.7 Å². The molecule has 114 valence electrons. The van der Waals surface area contributed by atoms with Gasteiger partial charge in [-0.05, 0) is 30.4 Å². The van der Waals surface area contributed by atoms with Crippen molar-refractivity contribution in [3.05, 3.63) is 34.9 Å². The zero-order valence-corrected chi connectivity index (χ0v) is 13.6. The SMILES string of the molecule is NC(=S)C(NC(=O)Cc1ccccc1Cl)C1CCCCC1. The minimum absolute atomic E-state index is 0.0773. The monoisotopic (exact) mass is 324 g/mol. The van der Waals surface area contributed by atoms with Gasteiger partial charge in [-0.1, -0.05) is 61.3 Å². The van der Waals surface area contributed by atoms with Crippen molar-refractivity contribution in [2.45, 2.75) is 44.6 Å². The second-order valence-electron chi connectivity index (χ2n) is 5.61. The van der Waals surface area contributed by atoms with Crippen LogP contribution >= 0.6 is 23.8 Å². The summed E-state index contributed by atoms with van der Waals surface area (Å²) < 4.78 is 0. The van der Waals surface area contributed by atoms with E-state index in [9.17, 15) is 4.79 Å². The number of amides is 1. The summed E-state index contributed by atoms with van der Waals surface area (Å²) in [6, 6.07) is 7.18. The highest BCUT2D eigenvalue weighted by atomic mass is 35.5. The summed E-state index contributed by atoms with van der Waals surface area (Å²) in [4.78, 5) is 12.6. The average Bonchev–Trinajstić information content (AvgIpc) is 2.48. The lowest BCUT2D eigenvalue weighted by Gasteiger charge is -2.30. The zero-order chi connectivity index (χ0) is 15.2. The standard InChI is InChI=1S/C16H21ClN2OS/c17-13-9-5-4-8-12(13)10-14(20)19-15(16(18)21)11-6-2-1-3-7-11/h4-5,8-9,11,15H,1-3,6-7,10H2,(H2,18,21)(H,19,20). The molecule has 1 aliphatic rings. The number of rotatable bonds is 5. The largest absolute Gasteiger partial charge is 0.392 e. The van der Waals surface area contributed by atoms with Crippen LogP contribution in [0.25, 0.3) is 0 Å². The van der Waals surface area contributed by atoms with Gasteiger partial charge in [0.25, 0.3) is 0 Å². The third-order valence-corrected chi connectivity index (χ3v) is 4.68. The van der Waals surface area contributed by atoms with Crippen molar-refractivity contribution < 1.29 is 4.79 Å². The number of thiocarbonyl (C=S) groups is 1. The summed E-state index contributed by atoms with van der Waals surface area (Å²) in [6.07, 6.45) is 6.04. The maximum Gasteiger partial charge on any atom is 0.225 e. The molecule has 1 fully saturated rings. The van der Waals surface area contributed by atoms with Crippen molar-refractivity contribution in [2.24, 2.45) is 11.7 Å². The van der Waals surface area contributed by atoms with E-state index in [2.05, 4.69) is 5.32 Å². The summed E-state index contributed by atoms with van der Waals surface area (Å²) in [5.74, 6) is 0.290. The number of nitrogens with two attached hydrogens (primary N) is 1. The first-order chi connectivity index (χ1) is 10.1. The quantitative estimate of drug-likeness (QED) is 0.818. The molecule has 21 heavy (non-hydrogen) atoms. The van der Waals surface area contributed by atoms with Crippen molar-refractivity contribution in [1.82, 2.24) is 5.32 Å². The van der Waals surface area contributed by atoms with Gasteiger partial charge < -0.3 is 11.1 Å². The van der Waals surface area contributed by atoms with E-state index >= 15 is 0 Å². The highest BCUT2D eigenvalue weighted by Gasteiger charge is 2.27. The molecule has 0 heterocycles. The van der Waals surface area contributed by atoms with Crippen LogP contribution in [0.15, 0.2) is 24.3 Å². The molecular weight excluding hydrogens is 304 g/mol. The van der Waals surface area contributed by atoms with Crippen LogP contribution in [0.2, 0.25) is 5.02 Å². The van der Waals surface area contributed by atoms with Crippen LogP contribution in [0.3, 0.4) is 0 Å². The first-order valence-electron chi connectivity index (χ1n) is 7.40. The Bertz CT molecular complexity index is 515. The Hall–Kier alpha value is -1.13. The van der Waals surface area contributed by atoms with Crippen LogP contribution in [-0.2, 0) is 11.2 Å². The van der Waals surface area contributed by atoms with E-state index in [0.717, 1.165) is 18.4 Å². The fourth-order valence-electron chi connectivity index (χ4n) is 2.93. The fraction of sp³-hybridized carbons (Fsp3) is 0.500. The molecule has 1 saturated carbocycles. The summed E-state index contributed by atoms with van der Waals surface area (Å²) in [7, 11) is 0. The van der Waals surface area contributed by atoms with E-state index < -0.39 is 0 Å². The number of hydrogen-bond acceptors (Lipinski definition) is 2. The molecule has 1 unspecified atom stereocenters. The van der Waals surface area contributed by atoms with Crippen molar-refractivity contribution in [3.8, 4) is 0 Å². The molecule has 0 aliphatic heterocycles. The Morgan fingerprint density at radius 1 is 1.33 bits per heavy atom. The lowest BCUT2D eigenvalue weighted by atomic mass is 9.83. The van der Waals surface area contributed by atoms with Gasteiger partial charge >= 0.3 is 0 Å². The van der Waals surface area contributed by atoms with Crippen LogP contribution < -0.4 is 11.1 Å². The van der Waals surface area contributed by atoms with Crippen molar-refractivity contribution in [1.29, 1.82) is 0 Å². The van der Waals surface area contributed by atoms with Gasteiger partial charge in [0.1, 0.15) is 0 Å². The molecule has 0 aromatic heterocycles. The lowest BCUT2D eigenvalue weighted by Crippen LogP contribution is -2.49. The number of carbonyl (C=O) groups excluding carboxylic acids is 1. The Labute approximate surface area is 136 Å². The summed E-state index contributed by atoms with van der Waals surface area (Å²) >= 11 is 11.2. The number of hydrogen-bond donors (Lipinski definition) is 2. The predicted octanol–water partition coefficient (Wildman–Crippen LogP) is 3.23. The Morgan fingerprint density at radius 2 is 2.00 bits per heavy atom. The minimum Gasteiger partial charge on any atom is -0.392 e. The minimum atomic E-state index is -0.199. The van der Waals surface area contributed by atoms with E-state index in [0.29, 0.717) is 15.9 Å². The third-order valence-electron chi connectivity index (χ3n) is 4.05. The first kappa shape index (κ1) is 16.2. The maximum atomic E-state index is 12.2. The molecule has 3 nitrogen and oxygen atoms in total. The number of nitrogens with one attached hydrogen (secondary N) is 1. The molecule has 1 aromatic carbocycles. The Morgan fingerprint density at radius 3 is 2.62 bits per heavy atom. The van der Waals surface area contributed by atoms with Gasteiger partial charge in [-0.3, -0.25) is 4.79 Å². The second-order valence-corrected chi connectivity index (χ2v) is 6.49. The first-order valence-corrected chi connectivity index (χ1v) is 8.18. The van der Waals surface area contributed by atoms with Gasteiger partial charge in [0.05, 0.1) is 17.5 Å². The highest BCUT2D eigenvalue weighted by molar-refractivity contribution is 7.80. The summed E-state index contributed by atoms with van der Waals surface area (Å²) in [5.41, 5.74) is 6.65. The molecule has 0 saturated heterocycles. The average molecular weight is 325 g/mol. The van der Waals surface area contributed by atoms with Crippen molar-refractivity contribution >= 4 is 34.7 Å². The molecule has 0 radical (unpaired) electrons. The molecule has 5 heteroatoms. The van der Waals surface area contributed by atoms with Crippen LogP contribution in [0.4, 0.5) is 0 Å². The Kier molecular flexibility index (Phi) is 6.00. The van der Waals surface area contributed by atoms with Gasteiger partial charge in [-0.25, -0.2) is 0 Å². The van der Waals surface area contributed by atoms with Crippen LogP contribution in [-0.4, -0.2) is 16.9 Å². The molecule has 1 aromatic rings. The molecule has 3 N–H and O–H groups in total. The molecule has 1 aliphatic carbocycles. The van der Waals surface area contributed by atoms with Crippen molar-refractivity contribution in [3.63, 3.8) is 0 Å². The number of carbonyl (C=O) groups is 1. The highest BCUT2D eigenvalue weighted by Crippen LogP contribution is 2.27.